The molecule has 0 saturated carbocycles. The van der Waals surface area contributed by atoms with E-state index in [9.17, 15) is 50.5 Å². The van der Waals surface area contributed by atoms with Crippen LogP contribution >= 0.6 is 23.0 Å². The van der Waals surface area contributed by atoms with Gasteiger partial charge in [-0.2, -0.15) is 50.5 Å². The minimum atomic E-state index is -5.01. The lowest BCUT2D eigenvalue weighted by molar-refractivity contribution is 0.337. The average Bonchev–Trinajstić information content (AvgIpc) is 0.890. The Morgan fingerprint density at radius 2 is 0.357 bits per heavy atom. The van der Waals surface area contributed by atoms with Crippen molar-refractivity contribution in [1.29, 1.82) is 0 Å². The molecule has 0 spiro atoms. The van der Waals surface area contributed by atoms with Crippen molar-refractivity contribution >= 4 is 83.7 Å². The zero-order chi connectivity index (χ0) is 61.2. The summed E-state index contributed by atoms with van der Waals surface area (Å²) in [4.78, 5) is -2.00. The third-order valence-electron chi connectivity index (χ3n) is 10.3. The average molecular weight is 1340 g/mol. The number of benzene rings is 6. The standard InChI is InChI=1S/C48H54N3O24P3S6/c1-7-64-79(52,53)43-25-13-37(14-26-43)70-76(71-38-15-27-44(28-16-38)80(54,55)65-8-2)49-77(72-39-17-29-45(30-18-39)81(56,57)66-9-3,73-40-19-31-46(32-20-40)82(58,59)67-10-4)51-78(50-76,74-41-21-33-47(34-22-41)83(60,61)68-11-5)75-42-23-35-48(36-24-42)84(62,63)69-12-6/h13-36H,7-12H2,1-6H3. The maximum absolute atomic E-state index is 13.1. The Kier molecular flexibility index (Phi) is 21.1. The molecule has 0 fully saturated rings. The fraction of sp³-hybridized carbons (Fsp3) is 0.250. The molecule has 6 aromatic carbocycles. The van der Waals surface area contributed by atoms with E-state index >= 15 is 0 Å². The first-order valence-electron chi connectivity index (χ1n) is 24.6. The predicted molar refractivity (Wildman–Crippen MR) is 303 cm³/mol. The molecule has 0 N–H and O–H groups in total. The second-order valence-electron chi connectivity index (χ2n) is 16.3. The van der Waals surface area contributed by atoms with Gasteiger partial charge in [0, 0.05) is 0 Å². The van der Waals surface area contributed by atoms with Crippen LogP contribution in [0, 0.1) is 0 Å². The first-order valence-corrected chi connectivity index (χ1v) is 37.7. The first-order chi connectivity index (χ1) is 39.6. The SMILES string of the molecule is CCOS(=O)(=O)c1ccc(OP2(Oc3ccc(S(=O)(=O)OCC)cc3)=NP(Oc3ccc(S(=O)(=O)OCC)cc3)(Oc3ccc(S(=O)(=O)OCC)cc3)=NP(Oc3ccc(S(=O)(=O)OCC)cc3)(Oc3ccc(S(=O)(=O)OCC)cc3)=N2)cc1. The summed E-state index contributed by atoms with van der Waals surface area (Å²) in [6.45, 7) is 7.40. The summed E-state index contributed by atoms with van der Waals surface area (Å²) in [7, 11) is -41.0. The van der Waals surface area contributed by atoms with Gasteiger partial charge in [-0.3, -0.25) is 25.1 Å². The van der Waals surface area contributed by atoms with Crippen molar-refractivity contribution in [3.63, 3.8) is 0 Å². The van der Waals surface area contributed by atoms with Crippen molar-refractivity contribution in [2.75, 3.05) is 39.6 Å². The Morgan fingerprint density at radius 3 is 0.464 bits per heavy atom. The van der Waals surface area contributed by atoms with Gasteiger partial charge in [-0.25, -0.2) is 0 Å². The van der Waals surface area contributed by atoms with Gasteiger partial charge in [0.2, 0.25) is 0 Å². The Balaban J connectivity index is 1.62. The zero-order valence-corrected chi connectivity index (χ0v) is 52.6. The highest BCUT2D eigenvalue weighted by atomic mass is 32.2. The van der Waals surface area contributed by atoms with Crippen LogP contribution in [-0.4, -0.2) is 90.1 Å². The summed E-state index contributed by atoms with van der Waals surface area (Å²) in [5.41, 5.74) is 0. The molecule has 0 saturated heterocycles. The van der Waals surface area contributed by atoms with E-state index in [1.54, 1.807) is 0 Å². The maximum atomic E-state index is 13.1. The van der Waals surface area contributed by atoms with Crippen LogP contribution in [0.25, 0.3) is 0 Å². The van der Waals surface area contributed by atoms with Crippen LogP contribution in [0.4, 0.5) is 0 Å². The van der Waals surface area contributed by atoms with E-state index < -0.39 is 83.7 Å². The van der Waals surface area contributed by atoms with Crippen molar-refractivity contribution in [3.05, 3.63) is 146 Å². The maximum Gasteiger partial charge on any atom is 0.460 e. The topological polar surface area (TPSA) is 353 Å². The summed E-state index contributed by atoms with van der Waals surface area (Å²) in [6.07, 6.45) is 0. The molecule has 0 aromatic heterocycles. The van der Waals surface area contributed by atoms with E-state index in [4.69, 9.17) is 65.8 Å². The van der Waals surface area contributed by atoms with Gasteiger partial charge in [0.1, 0.15) is 34.5 Å². The van der Waals surface area contributed by atoms with Gasteiger partial charge in [-0.1, -0.05) is 13.5 Å². The number of hydrogen-bond donors (Lipinski definition) is 0. The molecule has 1 aliphatic rings. The third kappa shape index (κ3) is 16.4. The molecule has 0 amide bonds. The normalized spacial score (nSPS) is 15.1. The third-order valence-corrected chi connectivity index (χ3v) is 26.8. The smallest absolute Gasteiger partial charge is 0.413 e. The largest absolute Gasteiger partial charge is 0.460 e. The number of nitrogens with zero attached hydrogens (tertiary/aromatic N) is 3. The Morgan fingerprint density at radius 1 is 0.238 bits per heavy atom. The Bertz CT molecular complexity index is 3490. The van der Waals surface area contributed by atoms with Gasteiger partial charge in [0.05, 0.1) is 69.0 Å². The van der Waals surface area contributed by atoms with Gasteiger partial charge in [0.15, 0.2) is 0 Å². The lowest BCUT2D eigenvalue weighted by Gasteiger charge is -2.33. The molecule has 6 aromatic rings. The minimum absolute atomic E-state index is 0.223. The molecule has 36 heteroatoms. The van der Waals surface area contributed by atoms with Gasteiger partial charge < -0.3 is 27.1 Å². The molecule has 84 heavy (non-hydrogen) atoms. The van der Waals surface area contributed by atoms with E-state index in [2.05, 4.69) is 0 Å². The van der Waals surface area contributed by atoms with Crippen LogP contribution in [0.1, 0.15) is 41.5 Å². The van der Waals surface area contributed by atoms with E-state index in [-0.39, 0.29) is 104 Å². The number of hydrogen-bond acceptors (Lipinski definition) is 27. The molecule has 0 unspecified atom stereocenters. The summed E-state index contributed by atoms with van der Waals surface area (Å²) in [5, 5.41) is 0. The fourth-order valence-electron chi connectivity index (χ4n) is 6.92. The van der Waals surface area contributed by atoms with Crippen molar-refractivity contribution in [2.45, 2.75) is 70.9 Å². The molecule has 7 rings (SSSR count). The van der Waals surface area contributed by atoms with Crippen molar-refractivity contribution in [3.8, 4) is 34.5 Å². The predicted octanol–water partition coefficient (Wildman–Crippen LogP) is 10.7. The Hall–Kier alpha value is -5.73. The minimum Gasteiger partial charge on any atom is -0.413 e. The molecule has 1 heterocycles. The zero-order valence-electron chi connectivity index (χ0n) is 45.0. The molecule has 0 aliphatic carbocycles. The van der Waals surface area contributed by atoms with Crippen LogP contribution in [0.15, 0.2) is 189 Å². The molecule has 1 aliphatic heterocycles. The number of rotatable bonds is 30. The molecule has 456 valence electrons. The molecular formula is C48H54N3O24P3S6. The first kappa shape index (κ1) is 65.8. The second-order valence-corrected chi connectivity index (χ2v) is 32.2. The molecular weight excluding hydrogens is 1290 g/mol. The van der Waals surface area contributed by atoms with Gasteiger partial charge in [-0.05, 0) is 187 Å². The van der Waals surface area contributed by atoms with Crippen LogP contribution in [0.2, 0.25) is 0 Å². The van der Waals surface area contributed by atoms with Gasteiger partial charge >= 0.3 is 23.0 Å². The van der Waals surface area contributed by atoms with Crippen molar-refractivity contribution in [1.82, 2.24) is 0 Å². The van der Waals surface area contributed by atoms with E-state index in [1.807, 2.05) is 0 Å². The molecule has 0 radical (unpaired) electrons. The summed E-state index contributed by atoms with van der Waals surface area (Å²) in [6, 6.07) is 27.3. The lowest BCUT2D eigenvalue weighted by Crippen LogP contribution is -2.12. The molecule has 27 nitrogen and oxygen atoms in total. The monoisotopic (exact) mass is 1340 g/mol. The van der Waals surface area contributed by atoms with Crippen LogP contribution in [0.5, 0.6) is 34.5 Å². The van der Waals surface area contributed by atoms with E-state index in [1.165, 1.54) is 114 Å². The van der Waals surface area contributed by atoms with E-state index in [0.29, 0.717) is 0 Å². The fourth-order valence-corrected chi connectivity index (χ4v) is 21.5. The summed E-state index contributed by atoms with van der Waals surface area (Å²) in [5.74, 6) is -1.55. The van der Waals surface area contributed by atoms with Gasteiger partial charge in [0.25, 0.3) is 60.7 Å². The molecule has 0 atom stereocenters. The van der Waals surface area contributed by atoms with Crippen LogP contribution < -0.4 is 27.1 Å². The highest BCUT2D eigenvalue weighted by Gasteiger charge is 2.49. The van der Waals surface area contributed by atoms with Gasteiger partial charge in [-0.15, -0.1) is 0 Å². The van der Waals surface area contributed by atoms with Crippen molar-refractivity contribution < 1.29 is 103 Å². The second kappa shape index (κ2) is 26.9. The highest BCUT2D eigenvalue weighted by molar-refractivity contribution is 7.88. The highest BCUT2D eigenvalue weighted by Crippen LogP contribution is 2.78. The molecule has 0 bridgehead atoms. The summed E-state index contributed by atoms with van der Waals surface area (Å²) >= 11 is 0. The van der Waals surface area contributed by atoms with Crippen molar-refractivity contribution in [2.24, 2.45) is 13.5 Å². The van der Waals surface area contributed by atoms with E-state index in [0.717, 1.165) is 72.8 Å². The van der Waals surface area contributed by atoms with Crippen LogP contribution in [-0.2, 0) is 85.8 Å². The van der Waals surface area contributed by atoms with Crippen LogP contribution in [0.3, 0.4) is 0 Å². The lowest BCUT2D eigenvalue weighted by atomic mass is 10.3. The summed E-state index contributed by atoms with van der Waals surface area (Å²) < 4.78 is 242. The quantitative estimate of drug-likeness (QED) is 0.0299. The Labute approximate surface area is 487 Å².